The van der Waals surface area contributed by atoms with Crippen molar-refractivity contribution in [3.63, 3.8) is 0 Å². The molecule has 0 saturated heterocycles. The fraction of sp³-hybridized carbons (Fsp3) is 0.444. The Morgan fingerprint density at radius 1 is 0.929 bits per heavy atom. The predicted octanol–water partition coefficient (Wildman–Crippen LogP) is 6.58. The first-order valence-corrected chi connectivity index (χ1v) is 12.5. The lowest BCUT2D eigenvalue weighted by Crippen LogP contribution is -2.47. The molecule has 0 unspecified atom stereocenters. The molecule has 0 saturated carbocycles. The number of hydrogen-bond acceptors (Lipinski definition) is 7. The van der Waals surface area contributed by atoms with Crippen molar-refractivity contribution in [2.45, 2.75) is 51.2 Å². The van der Waals surface area contributed by atoms with Gasteiger partial charge in [-0.25, -0.2) is 14.4 Å². The van der Waals surface area contributed by atoms with Crippen molar-refractivity contribution in [1.29, 1.82) is 0 Å². The molecule has 2 aromatic carbocycles. The van der Waals surface area contributed by atoms with Crippen LogP contribution in [0.5, 0.6) is 5.75 Å². The minimum absolute atomic E-state index is 0.0000592. The summed E-state index contributed by atoms with van der Waals surface area (Å²) >= 11 is 0. The second kappa shape index (κ2) is 12.4. The van der Waals surface area contributed by atoms with Gasteiger partial charge in [-0.2, -0.15) is 26.3 Å². The van der Waals surface area contributed by atoms with E-state index in [9.17, 15) is 40.7 Å². The quantitative estimate of drug-likeness (QED) is 0.208. The summed E-state index contributed by atoms with van der Waals surface area (Å²) in [5.74, 6) is -0.841. The van der Waals surface area contributed by atoms with Crippen LogP contribution in [0.4, 0.5) is 41.6 Å². The molecule has 9 nitrogen and oxygen atoms in total. The minimum atomic E-state index is -5.11. The molecular formula is C27H28F6N2O7. The molecule has 0 bridgehead atoms. The van der Waals surface area contributed by atoms with Crippen molar-refractivity contribution in [2.75, 3.05) is 32.8 Å². The zero-order valence-corrected chi connectivity index (χ0v) is 23.2. The molecule has 230 valence electrons. The fourth-order valence-corrected chi connectivity index (χ4v) is 4.79. The molecular weight excluding hydrogens is 578 g/mol. The van der Waals surface area contributed by atoms with Crippen LogP contribution in [0.3, 0.4) is 0 Å². The summed E-state index contributed by atoms with van der Waals surface area (Å²) in [5, 5.41) is 0. The highest BCUT2D eigenvalue weighted by Crippen LogP contribution is 2.45. The number of rotatable bonds is 6. The average Bonchev–Trinajstić information content (AvgIpc) is 2.92. The van der Waals surface area contributed by atoms with E-state index in [4.69, 9.17) is 18.9 Å². The van der Waals surface area contributed by atoms with E-state index in [1.165, 1.54) is 24.1 Å². The van der Waals surface area contributed by atoms with Crippen molar-refractivity contribution in [2.24, 2.45) is 0 Å². The number of fused-ring (bicyclic) bond motifs is 1. The van der Waals surface area contributed by atoms with Gasteiger partial charge in [0.05, 0.1) is 50.8 Å². The zero-order chi connectivity index (χ0) is 31.6. The maximum atomic E-state index is 13.5. The molecule has 3 rings (SSSR count). The van der Waals surface area contributed by atoms with Crippen LogP contribution in [0.2, 0.25) is 0 Å². The Hall–Kier alpha value is -4.17. The van der Waals surface area contributed by atoms with E-state index in [0.717, 1.165) is 19.1 Å². The van der Waals surface area contributed by atoms with Crippen molar-refractivity contribution in [3.05, 3.63) is 58.1 Å². The SMILES string of the molecule is CCOC(=O)N1c2cc(OC)c(C(=O)OC)cc2[C@H](N(Cc2cc(C(F)(F)F)cc(C(F)(F)F)c2)C(=O)OC)C[C@@H]1C. The van der Waals surface area contributed by atoms with Gasteiger partial charge in [0, 0.05) is 18.7 Å². The highest BCUT2D eigenvalue weighted by molar-refractivity contribution is 5.96. The highest BCUT2D eigenvalue weighted by Gasteiger charge is 2.42. The van der Waals surface area contributed by atoms with Crippen LogP contribution < -0.4 is 9.64 Å². The van der Waals surface area contributed by atoms with Crippen LogP contribution in [0.1, 0.15) is 58.9 Å². The van der Waals surface area contributed by atoms with Crippen LogP contribution >= 0.6 is 0 Å². The van der Waals surface area contributed by atoms with Crippen molar-refractivity contribution in [1.82, 2.24) is 4.90 Å². The van der Waals surface area contributed by atoms with Gasteiger partial charge in [-0.15, -0.1) is 0 Å². The Kier molecular flexibility index (Phi) is 9.53. The molecule has 42 heavy (non-hydrogen) atoms. The number of alkyl halides is 6. The fourth-order valence-electron chi connectivity index (χ4n) is 4.79. The predicted molar refractivity (Wildman–Crippen MR) is 135 cm³/mol. The average molecular weight is 607 g/mol. The summed E-state index contributed by atoms with van der Waals surface area (Å²) in [4.78, 5) is 40.7. The Morgan fingerprint density at radius 3 is 2.00 bits per heavy atom. The number of methoxy groups -OCH3 is 3. The van der Waals surface area contributed by atoms with E-state index in [-0.39, 0.29) is 41.7 Å². The van der Waals surface area contributed by atoms with Gasteiger partial charge in [-0.1, -0.05) is 0 Å². The maximum absolute atomic E-state index is 13.5. The number of ether oxygens (including phenoxy) is 4. The summed E-state index contributed by atoms with van der Waals surface area (Å²) in [5.41, 5.74) is -3.41. The van der Waals surface area contributed by atoms with E-state index >= 15 is 0 Å². The van der Waals surface area contributed by atoms with Crippen LogP contribution in [0, 0.1) is 0 Å². The molecule has 0 N–H and O–H groups in total. The molecule has 1 heterocycles. The van der Waals surface area contributed by atoms with Crippen LogP contribution in [-0.2, 0) is 33.1 Å². The van der Waals surface area contributed by atoms with Gasteiger partial charge in [-0.05, 0) is 55.7 Å². The van der Waals surface area contributed by atoms with Gasteiger partial charge in [-0.3, -0.25) is 9.80 Å². The Morgan fingerprint density at radius 2 is 1.52 bits per heavy atom. The first kappa shape index (κ1) is 32.3. The number of anilines is 1. The normalized spacial score (nSPS) is 16.8. The number of halogens is 6. The Labute approximate surface area is 236 Å². The number of amides is 2. The van der Waals surface area contributed by atoms with Crippen LogP contribution in [0.25, 0.3) is 0 Å². The number of benzene rings is 2. The highest BCUT2D eigenvalue weighted by atomic mass is 19.4. The van der Waals surface area contributed by atoms with Gasteiger partial charge in [0.2, 0.25) is 0 Å². The van der Waals surface area contributed by atoms with Gasteiger partial charge in [0.25, 0.3) is 0 Å². The number of carbonyl (C=O) groups is 3. The molecule has 2 amide bonds. The lowest BCUT2D eigenvalue weighted by atomic mass is 9.88. The second-order valence-electron chi connectivity index (χ2n) is 9.28. The van der Waals surface area contributed by atoms with Crippen molar-refractivity contribution >= 4 is 23.8 Å². The molecule has 1 aliphatic heterocycles. The van der Waals surface area contributed by atoms with E-state index in [0.29, 0.717) is 12.1 Å². The molecule has 2 atom stereocenters. The molecule has 0 aromatic heterocycles. The summed E-state index contributed by atoms with van der Waals surface area (Å²) in [6.45, 7) is 2.47. The first-order chi connectivity index (χ1) is 19.6. The Bertz CT molecular complexity index is 1310. The van der Waals surface area contributed by atoms with E-state index in [2.05, 4.69) is 0 Å². The van der Waals surface area contributed by atoms with Gasteiger partial charge in [0.15, 0.2) is 0 Å². The van der Waals surface area contributed by atoms with E-state index < -0.39 is 65.8 Å². The molecule has 0 aliphatic carbocycles. The summed E-state index contributed by atoms with van der Waals surface area (Å²) in [6, 6.07) is 1.83. The van der Waals surface area contributed by atoms with Crippen LogP contribution in [0.15, 0.2) is 30.3 Å². The van der Waals surface area contributed by atoms with Crippen LogP contribution in [-0.4, -0.2) is 57.0 Å². The molecule has 0 spiro atoms. The molecule has 0 fully saturated rings. The lowest BCUT2D eigenvalue weighted by Gasteiger charge is -2.42. The van der Waals surface area contributed by atoms with E-state index in [1.54, 1.807) is 13.8 Å². The molecule has 2 aromatic rings. The van der Waals surface area contributed by atoms with Gasteiger partial charge in [0.1, 0.15) is 11.3 Å². The standard InChI is InChI=1S/C27H28F6N2O7/c1-6-42-25(38)35-14(2)7-20(18-11-19(23(36)40-4)22(39-3)12-21(18)35)34(24(37)41-5)13-15-8-16(26(28,29)30)10-17(9-15)27(31,32)33/h8-12,14,20H,6-7,13H2,1-5H3/t14-,20+/m0/s1. The zero-order valence-electron chi connectivity index (χ0n) is 23.2. The third-order valence-electron chi connectivity index (χ3n) is 6.63. The third kappa shape index (κ3) is 6.65. The monoisotopic (exact) mass is 606 g/mol. The molecule has 0 radical (unpaired) electrons. The third-order valence-corrected chi connectivity index (χ3v) is 6.63. The maximum Gasteiger partial charge on any atom is 0.416 e. The molecule has 15 heteroatoms. The number of esters is 1. The second-order valence-corrected chi connectivity index (χ2v) is 9.28. The largest absolute Gasteiger partial charge is 0.496 e. The van der Waals surface area contributed by atoms with Crippen molar-refractivity contribution < 1.29 is 59.7 Å². The molecule has 1 aliphatic rings. The van der Waals surface area contributed by atoms with Gasteiger partial charge >= 0.3 is 30.5 Å². The summed E-state index contributed by atoms with van der Waals surface area (Å²) < 4.78 is 101. The number of hydrogen-bond donors (Lipinski definition) is 0. The smallest absolute Gasteiger partial charge is 0.416 e. The lowest BCUT2D eigenvalue weighted by molar-refractivity contribution is -0.143. The Balaban J connectivity index is 2.26. The summed E-state index contributed by atoms with van der Waals surface area (Å²) in [6.07, 6.45) is -12.1. The van der Waals surface area contributed by atoms with Gasteiger partial charge < -0.3 is 18.9 Å². The van der Waals surface area contributed by atoms with Crippen molar-refractivity contribution in [3.8, 4) is 5.75 Å². The van der Waals surface area contributed by atoms with E-state index in [1.807, 2.05) is 0 Å². The first-order valence-electron chi connectivity index (χ1n) is 12.5. The number of nitrogens with zero attached hydrogens (tertiary/aromatic N) is 2. The topological polar surface area (TPSA) is 94.6 Å². The minimum Gasteiger partial charge on any atom is -0.496 e. The number of carbonyl (C=O) groups excluding carboxylic acids is 3. The summed E-state index contributed by atoms with van der Waals surface area (Å²) in [7, 11) is 3.37.